The molecule has 2 aromatic rings. The van der Waals surface area contributed by atoms with Crippen molar-refractivity contribution in [2.75, 3.05) is 20.1 Å². The number of imidazole rings is 1. The molecule has 0 aliphatic carbocycles. The lowest BCUT2D eigenvalue weighted by molar-refractivity contribution is 0.221. The number of hydrogen-bond acceptors (Lipinski definition) is 2. The second-order valence-corrected chi connectivity index (χ2v) is 6.29. The van der Waals surface area contributed by atoms with Crippen molar-refractivity contribution < 1.29 is 0 Å². The van der Waals surface area contributed by atoms with Gasteiger partial charge in [0.2, 0.25) is 0 Å². The Morgan fingerprint density at radius 1 is 1.16 bits per heavy atom. The lowest BCUT2D eigenvalue weighted by atomic mass is 10.1. The highest BCUT2D eigenvalue weighted by Gasteiger charge is 2.23. The highest BCUT2D eigenvalue weighted by atomic mass is 79.9. The molecule has 0 radical (unpaired) electrons. The fraction of sp³-hybridized carbons (Fsp3) is 0.500. The first-order valence-electron chi connectivity index (χ1n) is 6.63. The van der Waals surface area contributed by atoms with Crippen LogP contribution in [0.15, 0.2) is 27.5 Å². The number of halogens is 1. The van der Waals surface area contributed by atoms with Crippen molar-refractivity contribution in [3.05, 3.63) is 33.2 Å². The summed E-state index contributed by atoms with van der Waals surface area (Å²) in [4.78, 5) is 14.8. The molecule has 1 aromatic carbocycles. The van der Waals surface area contributed by atoms with Crippen molar-refractivity contribution >= 4 is 27.0 Å². The summed E-state index contributed by atoms with van der Waals surface area (Å²) in [6, 6.07) is 6.39. The maximum Gasteiger partial charge on any atom is 0.329 e. The maximum absolute atomic E-state index is 12.5. The Morgan fingerprint density at radius 3 is 2.53 bits per heavy atom. The molecule has 0 bridgehead atoms. The topological polar surface area (TPSA) is 30.2 Å². The Kier molecular flexibility index (Phi) is 3.27. The van der Waals surface area contributed by atoms with Gasteiger partial charge in [0.05, 0.1) is 11.0 Å². The first-order valence-corrected chi connectivity index (χ1v) is 7.42. The molecule has 0 saturated carbocycles. The Hall–Kier alpha value is -1.07. The molecule has 0 unspecified atom stereocenters. The van der Waals surface area contributed by atoms with Crippen molar-refractivity contribution in [2.45, 2.75) is 18.9 Å². The van der Waals surface area contributed by atoms with Crippen molar-refractivity contribution in [1.82, 2.24) is 14.0 Å². The van der Waals surface area contributed by atoms with E-state index in [-0.39, 0.29) is 5.69 Å². The number of aryl methyl sites for hydroxylation is 1. The summed E-state index contributed by atoms with van der Waals surface area (Å²) in [7, 11) is 3.99. The molecule has 0 spiro atoms. The van der Waals surface area contributed by atoms with Gasteiger partial charge in [-0.2, -0.15) is 0 Å². The van der Waals surface area contributed by atoms with E-state index in [1.54, 1.807) is 4.57 Å². The quantitative estimate of drug-likeness (QED) is 0.806. The third kappa shape index (κ3) is 2.15. The van der Waals surface area contributed by atoms with Crippen LogP contribution in [0.25, 0.3) is 11.0 Å². The summed E-state index contributed by atoms with van der Waals surface area (Å²) in [5.41, 5.74) is 2.14. The number of likely N-dealkylation sites (tertiary alicyclic amines) is 1. The van der Waals surface area contributed by atoms with E-state index in [1.807, 2.05) is 29.8 Å². The van der Waals surface area contributed by atoms with E-state index in [2.05, 4.69) is 27.9 Å². The number of rotatable bonds is 1. The van der Waals surface area contributed by atoms with Gasteiger partial charge in [0, 0.05) is 17.6 Å². The number of benzene rings is 1. The molecule has 19 heavy (non-hydrogen) atoms. The van der Waals surface area contributed by atoms with E-state index >= 15 is 0 Å². The molecule has 1 aromatic heterocycles. The van der Waals surface area contributed by atoms with Crippen molar-refractivity contribution in [3.8, 4) is 0 Å². The van der Waals surface area contributed by atoms with Gasteiger partial charge in [0.15, 0.2) is 0 Å². The van der Waals surface area contributed by atoms with Crippen LogP contribution >= 0.6 is 15.9 Å². The second-order valence-electron chi connectivity index (χ2n) is 5.38. The molecule has 3 rings (SSSR count). The molecule has 4 nitrogen and oxygen atoms in total. The predicted molar refractivity (Wildman–Crippen MR) is 80.6 cm³/mol. The number of nitrogens with zero attached hydrogens (tertiary/aromatic N) is 3. The largest absolute Gasteiger partial charge is 0.329 e. The van der Waals surface area contributed by atoms with E-state index in [0.29, 0.717) is 6.04 Å². The first kappa shape index (κ1) is 12.9. The second kappa shape index (κ2) is 4.80. The number of hydrogen-bond donors (Lipinski definition) is 0. The Bertz CT molecular complexity index is 665. The van der Waals surface area contributed by atoms with Crippen LogP contribution in [0, 0.1) is 0 Å². The third-order valence-corrected chi connectivity index (χ3v) is 4.60. The standard InChI is InChI=1S/C14H18BrN3O/c1-16-7-5-11(6-8-16)18-12-4-3-10(15)9-13(12)17(2)14(18)19/h3-4,9,11H,5-8H2,1-2H3. The molecule has 0 N–H and O–H groups in total. The lowest BCUT2D eigenvalue weighted by Gasteiger charge is -2.29. The average molecular weight is 324 g/mol. The Morgan fingerprint density at radius 2 is 1.84 bits per heavy atom. The number of aromatic nitrogens is 2. The van der Waals surface area contributed by atoms with E-state index in [9.17, 15) is 4.79 Å². The van der Waals surface area contributed by atoms with Gasteiger partial charge >= 0.3 is 5.69 Å². The minimum absolute atomic E-state index is 0.0997. The highest BCUT2D eigenvalue weighted by molar-refractivity contribution is 9.10. The Balaban J connectivity index is 2.13. The summed E-state index contributed by atoms with van der Waals surface area (Å²) >= 11 is 3.47. The summed E-state index contributed by atoms with van der Waals surface area (Å²) in [5.74, 6) is 0. The molecule has 0 amide bonds. The Labute approximate surface area is 120 Å². The molecule has 1 aliphatic heterocycles. The minimum Gasteiger partial charge on any atom is -0.306 e. The van der Waals surface area contributed by atoms with Crippen LogP contribution < -0.4 is 5.69 Å². The van der Waals surface area contributed by atoms with Crippen molar-refractivity contribution in [2.24, 2.45) is 7.05 Å². The molecule has 5 heteroatoms. The van der Waals surface area contributed by atoms with Gasteiger partial charge in [0.1, 0.15) is 0 Å². The van der Waals surface area contributed by atoms with Crippen LogP contribution in [0.1, 0.15) is 18.9 Å². The SMILES string of the molecule is CN1CCC(n2c(=O)n(C)c3cc(Br)ccc32)CC1. The van der Waals surface area contributed by atoms with E-state index in [0.717, 1.165) is 41.4 Å². The van der Waals surface area contributed by atoms with Crippen LogP contribution in [0.3, 0.4) is 0 Å². The fourth-order valence-corrected chi connectivity index (χ4v) is 3.29. The van der Waals surface area contributed by atoms with Crippen molar-refractivity contribution in [1.29, 1.82) is 0 Å². The fourth-order valence-electron chi connectivity index (χ4n) is 2.94. The minimum atomic E-state index is 0.0997. The smallest absolute Gasteiger partial charge is 0.306 e. The molecular formula is C14H18BrN3O. The lowest BCUT2D eigenvalue weighted by Crippen LogP contribution is -2.35. The summed E-state index contributed by atoms with van der Waals surface area (Å²) < 4.78 is 4.74. The van der Waals surface area contributed by atoms with E-state index in [4.69, 9.17) is 0 Å². The summed E-state index contributed by atoms with van der Waals surface area (Å²) in [5, 5.41) is 0. The van der Waals surface area contributed by atoms with Gasteiger partial charge in [-0.3, -0.25) is 9.13 Å². The van der Waals surface area contributed by atoms with E-state index < -0.39 is 0 Å². The van der Waals surface area contributed by atoms with Gasteiger partial charge in [-0.25, -0.2) is 4.79 Å². The van der Waals surface area contributed by atoms with E-state index in [1.165, 1.54) is 0 Å². The van der Waals surface area contributed by atoms with Gasteiger partial charge in [0.25, 0.3) is 0 Å². The van der Waals surface area contributed by atoms with Gasteiger partial charge in [-0.05, 0) is 51.2 Å². The van der Waals surface area contributed by atoms with Gasteiger partial charge in [-0.15, -0.1) is 0 Å². The van der Waals surface area contributed by atoms with Crippen LogP contribution in [0.2, 0.25) is 0 Å². The highest BCUT2D eigenvalue weighted by Crippen LogP contribution is 2.26. The normalized spacial score (nSPS) is 18.3. The summed E-state index contributed by atoms with van der Waals surface area (Å²) in [6.07, 6.45) is 2.09. The molecule has 2 heterocycles. The molecule has 1 fully saturated rings. The maximum atomic E-state index is 12.5. The van der Waals surface area contributed by atoms with Gasteiger partial charge < -0.3 is 4.90 Å². The molecule has 102 valence electrons. The molecule has 1 aliphatic rings. The van der Waals surface area contributed by atoms with Crippen molar-refractivity contribution in [3.63, 3.8) is 0 Å². The first-order chi connectivity index (χ1) is 9.08. The summed E-state index contributed by atoms with van der Waals surface area (Å²) in [6.45, 7) is 2.12. The zero-order chi connectivity index (χ0) is 13.6. The van der Waals surface area contributed by atoms with Crippen LogP contribution in [-0.2, 0) is 7.05 Å². The van der Waals surface area contributed by atoms with Crippen LogP contribution in [-0.4, -0.2) is 34.2 Å². The average Bonchev–Trinajstić information content (AvgIpc) is 2.64. The predicted octanol–water partition coefficient (Wildman–Crippen LogP) is 2.37. The number of piperidine rings is 1. The monoisotopic (exact) mass is 323 g/mol. The molecule has 0 atom stereocenters. The molecular weight excluding hydrogens is 306 g/mol. The zero-order valence-corrected chi connectivity index (χ0v) is 12.9. The zero-order valence-electron chi connectivity index (χ0n) is 11.3. The van der Waals surface area contributed by atoms with Crippen LogP contribution in [0.4, 0.5) is 0 Å². The molecule has 1 saturated heterocycles. The van der Waals surface area contributed by atoms with Gasteiger partial charge in [-0.1, -0.05) is 15.9 Å². The number of fused-ring (bicyclic) bond motifs is 1. The van der Waals surface area contributed by atoms with Crippen LogP contribution in [0.5, 0.6) is 0 Å². The third-order valence-electron chi connectivity index (χ3n) is 4.10.